The number of carbonyl (C=O) groups excluding carboxylic acids is 1. The first-order valence-electron chi connectivity index (χ1n) is 9.11. The van der Waals surface area contributed by atoms with Gasteiger partial charge in [0.1, 0.15) is 27.5 Å². The minimum Gasteiger partial charge on any atom is -0.456 e. The predicted octanol–water partition coefficient (Wildman–Crippen LogP) is 1.98. The highest BCUT2D eigenvalue weighted by Gasteiger charge is 2.62. The molecule has 0 bridgehead atoms. The van der Waals surface area contributed by atoms with Crippen molar-refractivity contribution in [1.82, 2.24) is 9.78 Å². The molecule has 0 saturated heterocycles. The van der Waals surface area contributed by atoms with Crippen molar-refractivity contribution in [3.05, 3.63) is 52.8 Å². The van der Waals surface area contributed by atoms with E-state index < -0.39 is 45.2 Å². The number of esters is 1. The first-order chi connectivity index (χ1) is 14.0. The number of halogens is 2. The van der Waals surface area contributed by atoms with Gasteiger partial charge in [-0.25, -0.2) is 22.0 Å². The van der Waals surface area contributed by atoms with Crippen molar-refractivity contribution in [3.63, 3.8) is 0 Å². The largest absolute Gasteiger partial charge is 0.456 e. The van der Waals surface area contributed by atoms with Crippen molar-refractivity contribution in [1.29, 1.82) is 5.41 Å². The van der Waals surface area contributed by atoms with Crippen LogP contribution in [-0.4, -0.2) is 48.1 Å². The maximum atomic E-state index is 13.3. The molecule has 162 valence electrons. The smallest absolute Gasteiger partial charge is 0.359 e. The fourth-order valence-corrected chi connectivity index (χ4v) is 3.99. The molecule has 0 radical (unpaired) electrons. The summed E-state index contributed by atoms with van der Waals surface area (Å²) in [4.78, 5) is 12.5. The lowest BCUT2D eigenvalue weighted by Gasteiger charge is -2.18. The van der Waals surface area contributed by atoms with E-state index in [1.165, 1.54) is 0 Å². The number of rotatable bonds is 8. The second-order valence-electron chi connectivity index (χ2n) is 7.41. The second kappa shape index (κ2) is 7.78. The number of nitrogens with two attached hydrogens (primary N) is 1. The third-order valence-electron chi connectivity index (χ3n) is 5.17. The molecule has 2 aromatic rings. The minimum atomic E-state index is -3.40. The number of amidine groups is 1. The van der Waals surface area contributed by atoms with Crippen LogP contribution in [-0.2, 0) is 26.5 Å². The molecule has 1 saturated carbocycles. The molecule has 30 heavy (non-hydrogen) atoms. The topological polar surface area (TPSA) is 128 Å². The fourth-order valence-electron chi connectivity index (χ4n) is 3.49. The molecule has 3 N–H and O–H groups in total. The van der Waals surface area contributed by atoms with Gasteiger partial charge in [0.25, 0.3) is 6.43 Å². The van der Waals surface area contributed by atoms with Crippen molar-refractivity contribution in [3.8, 4) is 0 Å². The summed E-state index contributed by atoms with van der Waals surface area (Å²) < 4.78 is 55.5. The molecule has 1 fully saturated rings. The maximum absolute atomic E-state index is 13.3. The Morgan fingerprint density at radius 1 is 1.43 bits per heavy atom. The Bertz CT molecular complexity index is 1100. The number of aryl methyl sites for hydroxylation is 2. The van der Waals surface area contributed by atoms with Gasteiger partial charge in [0.05, 0.1) is 17.7 Å². The number of benzene rings is 1. The molecule has 3 rings (SSSR count). The molecule has 1 heterocycles. The van der Waals surface area contributed by atoms with E-state index in [4.69, 9.17) is 15.9 Å². The van der Waals surface area contributed by atoms with Crippen LogP contribution < -0.4 is 5.73 Å². The highest BCUT2D eigenvalue weighted by Crippen LogP contribution is 2.51. The van der Waals surface area contributed by atoms with Gasteiger partial charge in [-0.2, -0.15) is 5.10 Å². The van der Waals surface area contributed by atoms with Crippen LogP contribution in [0.15, 0.2) is 30.3 Å². The van der Waals surface area contributed by atoms with E-state index >= 15 is 0 Å². The summed E-state index contributed by atoms with van der Waals surface area (Å²) in [5.74, 6) is -1.48. The quantitative estimate of drug-likeness (QED) is 0.367. The normalized spacial score (nSPS) is 20.9. The van der Waals surface area contributed by atoms with E-state index in [0.29, 0.717) is 6.42 Å². The Hall–Kier alpha value is -2.82. The molecule has 1 aliphatic carbocycles. The summed E-state index contributed by atoms with van der Waals surface area (Å²) in [6.07, 6.45) is -2.38. The Morgan fingerprint density at radius 2 is 2.10 bits per heavy atom. The van der Waals surface area contributed by atoms with Crippen LogP contribution in [0.1, 0.15) is 40.2 Å². The predicted molar refractivity (Wildman–Crippen MR) is 105 cm³/mol. The zero-order valence-electron chi connectivity index (χ0n) is 16.4. The number of sulfone groups is 1. The van der Waals surface area contributed by atoms with Gasteiger partial charge in [-0.1, -0.05) is 24.3 Å². The number of carbonyl (C=O) groups is 1. The van der Waals surface area contributed by atoms with E-state index in [2.05, 4.69) is 5.10 Å². The number of hydrogen-bond donors (Lipinski definition) is 2. The molecule has 8 nitrogen and oxygen atoms in total. The monoisotopic (exact) mass is 440 g/mol. The number of hydrogen-bond acceptors (Lipinski definition) is 6. The summed E-state index contributed by atoms with van der Waals surface area (Å²) in [6.45, 7) is 1.55. The van der Waals surface area contributed by atoms with Gasteiger partial charge in [-0.3, -0.25) is 10.1 Å². The summed E-state index contributed by atoms with van der Waals surface area (Å²) in [5.41, 5.74) is 5.58. The van der Waals surface area contributed by atoms with Crippen molar-refractivity contribution in [2.75, 3.05) is 12.0 Å². The maximum Gasteiger partial charge on any atom is 0.359 e. The van der Waals surface area contributed by atoms with Crippen molar-refractivity contribution < 1.29 is 26.7 Å². The van der Waals surface area contributed by atoms with Crippen LogP contribution in [0.5, 0.6) is 0 Å². The van der Waals surface area contributed by atoms with Gasteiger partial charge in [-0.05, 0) is 18.1 Å². The van der Waals surface area contributed by atoms with Crippen LogP contribution in [0.3, 0.4) is 0 Å². The molecule has 0 aliphatic heterocycles. The molecule has 11 heteroatoms. The lowest BCUT2D eigenvalue weighted by molar-refractivity contribution is 0.0445. The van der Waals surface area contributed by atoms with Crippen molar-refractivity contribution in [2.45, 2.75) is 37.8 Å². The number of nitrogens with zero attached hydrogens (tertiary/aromatic N) is 2. The number of nitrogens with one attached hydrogen (secondary N) is 1. The first-order valence-corrected chi connectivity index (χ1v) is 11.2. The van der Waals surface area contributed by atoms with Gasteiger partial charge in [0.15, 0.2) is 5.69 Å². The van der Waals surface area contributed by atoms with Gasteiger partial charge >= 0.3 is 5.97 Å². The van der Waals surface area contributed by atoms with Gasteiger partial charge in [-0.15, -0.1) is 0 Å². The highest BCUT2D eigenvalue weighted by atomic mass is 32.2. The standard InChI is InChI=1S/C19H22F2N4O4S/c1-11-5-3-4-6-12(11)19(18(22)23)10-15(19)29-17(26)13-9-14(16(20)21)25(24-13)7-8-30(2,27)28/h3-6,9,15-16H,7-8,10H2,1-2H3,(H3,22,23). The summed E-state index contributed by atoms with van der Waals surface area (Å²) in [5, 5.41) is 11.8. The molecular formula is C19H22F2N4O4S. The van der Waals surface area contributed by atoms with E-state index in [9.17, 15) is 22.0 Å². The van der Waals surface area contributed by atoms with Gasteiger partial charge in [0.2, 0.25) is 0 Å². The minimum absolute atomic E-state index is 0.151. The Kier molecular flexibility index (Phi) is 5.68. The lowest BCUT2D eigenvalue weighted by Crippen LogP contribution is -2.33. The van der Waals surface area contributed by atoms with E-state index in [-0.39, 0.29) is 18.1 Å². The van der Waals surface area contributed by atoms with Crippen LogP contribution in [0.4, 0.5) is 8.78 Å². The lowest BCUT2D eigenvalue weighted by atomic mass is 9.90. The molecule has 2 atom stereocenters. The molecule has 0 spiro atoms. The molecule has 2 unspecified atom stereocenters. The van der Waals surface area contributed by atoms with Gasteiger partial charge < -0.3 is 10.5 Å². The van der Waals surface area contributed by atoms with Crippen molar-refractivity contribution in [2.24, 2.45) is 5.73 Å². The molecular weight excluding hydrogens is 418 g/mol. The molecule has 1 aromatic carbocycles. The Morgan fingerprint density at radius 3 is 2.67 bits per heavy atom. The van der Waals surface area contributed by atoms with Gasteiger partial charge in [0, 0.05) is 18.7 Å². The number of aromatic nitrogens is 2. The summed E-state index contributed by atoms with van der Waals surface area (Å²) in [6, 6.07) is 8.18. The van der Waals surface area contributed by atoms with E-state index in [0.717, 1.165) is 28.1 Å². The van der Waals surface area contributed by atoms with E-state index in [1.54, 1.807) is 12.1 Å². The van der Waals surface area contributed by atoms with E-state index in [1.807, 2.05) is 19.1 Å². The Labute approximate surface area is 172 Å². The summed E-state index contributed by atoms with van der Waals surface area (Å²) >= 11 is 0. The first kappa shape index (κ1) is 21.9. The molecule has 0 amide bonds. The van der Waals surface area contributed by atoms with Crippen LogP contribution in [0.25, 0.3) is 0 Å². The average Bonchev–Trinajstić information content (AvgIpc) is 3.19. The molecule has 1 aromatic heterocycles. The highest BCUT2D eigenvalue weighted by molar-refractivity contribution is 7.90. The van der Waals surface area contributed by atoms with Crippen LogP contribution in [0.2, 0.25) is 0 Å². The van der Waals surface area contributed by atoms with Crippen LogP contribution >= 0.6 is 0 Å². The third-order valence-corrected chi connectivity index (χ3v) is 6.09. The zero-order valence-corrected chi connectivity index (χ0v) is 17.2. The summed E-state index contributed by atoms with van der Waals surface area (Å²) in [7, 11) is -3.40. The second-order valence-corrected chi connectivity index (χ2v) is 9.67. The third kappa shape index (κ3) is 4.20. The zero-order chi connectivity index (χ0) is 22.3. The fraction of sp³-hybridized carbons (Fsp3) is 0.421. The van der Waals surface area contributed by atoms with Crippen LogP contribution in [0, 0.1) is 12.3 Å². The molecule has 1 aliphatic rings. The van der Waals surface area contributed by atoms with Crippen molar-refractivity contribution >= 4 is 21.6 Å². The number of ether oxygens (including phenoxy) is 1. The Balaban J connectivity index is 1.81. The average molecular weight is 440 g/mol. The SMILES string of the molecule is Cc1ccccc1C1(C(=N)N)CC1OC(=O)c1cc(C(F)F)n(CCS(C)(=O)=O)n1. The number of alkyl halides is 2.